The normalized spacial score (nSPS) is 11.3. The molecule has 0 spiro atoms. The molecule has 0 amide bonds. The topological polar surface area (TPSA) is 92.8 Å². The van der Waals surface area contributed by atoms with Crippen LogP contribution >= 0.6 is 15.9 Å². The summed E-state index contributed by atoms with van der Waals surface area (Å²) in [6.45, 7) is 0.861. The summed E-state index contributed by atoms with van der Waals surface area (Å²) in [5.41, 5.74) is 5.01. The standard InChI is InChI=1S/C20H18BrN9/c1-28(13-10-16-8-11-22-19-9-12-23-30(16)19)14-2-4-15(5-3-14)29-17(6-7-18(29)21)20-24-26-27-25-20/h2-9,11-12H,10,13H2,1H3,(H,24,25,26,27). The first-order valence-electron chi connectivity index (χ1n) is 9.41. The highest BCUT2D eigenvalue weighted by Crippen LogP contribution is 2.28. The van der Waals surface area contributed by atoms with Gasteiger partial charge in [-0.25, -0.2) is 9.50 Å². The Bertz CT molecular complexity index is 1270. The van der Waals surface area contributed by atoms with Crippen LogP contribution < -0.4 is 4.90 Å². The molecule has 0 radical (unpaired) electrons. The fourth-order valence-corrected chi connectivity index (χ4v) is 3.99. The molecule has 0 saturated carbocycles. The summed E-state index contributed by atoms with van der Waals surface area (Å²) in [4.78, 5) is 6.55. The minimum Gasteiger partial charge on any atom is -0.374 e. The van der Waals surface area contributed by atoms with Gasteiger partial charge in [-0.1, -0.05) is 0 Å². The van der Waals surface area contributed by atoms with Crippen molar-refractivity contribution in [2.45, 2.75) is 6.42 Å². The van der Waals surface area contributed by atoms with E-state index in [0.29, 0.717) is 5.82 Å². The maximum absolute atomic E-state index is 4.36. The third kappa shape index (κ3) is 3.35. The molecular formula is C20H18BrN9. The third-order valence-electron chi connectivity index (χ3n) is 5.03. The SMILES string of the molecule is CN(CCc1ccnc2ccnn12)c1ccc(-n2c(Br)ccc2-c2nn[nH]n2)cc1. The van der Waals surface area contributed by atoms with Crippen LogP contribution in [-0.2, 0) is 6.42 Å². The average Bonchev–Trinajstić information content (AvgIpc) is 3.52. The van der Waals surface area contributed by atoms with Crippen LogP contribution in [-0.4, -0.2) is 53.4 Å². The summed E-state index contributed by atoms with van der Waals surface area (Å²) < 4.78 is 4.85. The second-order valence-corrected chi connectivity index (χ2v) is 7.65. The Balaban J connectivity index is 1.34. The zero-order valence-corrected chi connectivity index (χ0v) is 17.7. The average molecular weight is 464 g/mol. The number of nitrogens with zero attached hydrogens (tertiary/aromatic N) is 8. The Hall–Kier alpha value is -3.53. The van der Waals surface area contributed by atoms with E-state index in [-0.39, 0.29) is 0 Å². The molecule has 150 valence electrons. The van der Waals surface area contributed by atoms with E-state index in [9.17, 15) is 0 Å². The van der Waals surface area contributed by atoms with Gasteiger partial charge >= 0.3 is 0 Å². The molecule has 0 unspecified atom stereocenters. The van der Waals surface area contributed by atoms with Crippen molar-refractivity contribution in [3.8, 4) is 17.2 Å². The summed E-state index contributed by atoms with van der Waals surface area (Å²) >= 11 is 3.61. The number of hydrogen-bond donors (Lipinski definition) is 1. The zero-order chi connectivity index (χ0) is 20.5. The number of rotatable bonds is 6. The van der Waals surface area contributed by atoms with Gasteiger partial charge in [-0.2, -0.15) is 10.3 Å². The van der Waals surface area contributed by atoms with Gasteiger partial charge < -0.3 is 9.47 Å². The fraction of sp³-hybridized carbons (Fsp3) is 0.150. The van der Waals surface area contributed by atoms with Crippen LogP contribution in [0, 0.1) is 0 Å². The lowest BCUT2D eigenvalue weighted by atomic mass is 10.2. The van der Waals surface area contributed by atoms with Gasteiger partial charge in [-0.3, -0.25) is 0 Å². The van der Waals surface area contributed by atoms with Crippen LogP contribution in [0.4, 0.5) is 5.69 Å². The summed E-state index contributed by atoms with van der Waals surface area (Å²) in [6, 6.07) is 16.2. The van der Waals surface area contributed by atoms with Crippen molar-refractivity contribution >= 4 is 27.3 Å². The number of fused-ring (bicyclic) bond motifs is 1. The molecule has 0 fully saturated rings. The number of nitrogens with one attached hydrogen (secondary N) is 1. The molecule has 4 heterocycles. The molecule has 0 aliphatic heterocycles. The molecule has 10 heteroatoms. The van der Waals surface area contributed by atoms with Gasteiger partial charge in [0, 0.05) is 49.3 Å². The molecule has 30 heavy (non-hydrogen) atoms. The lowest BCUT2D eigenvalue weighted by Gasteiger charge is -2.20. The summed E-state index contributed by atoms with van der Waals surface area (Å²) in [6.07, 6.45) is 4.47. The van der Waals surface area contributed by atoms with Gasteiger partial charge in [-0.05, 0) is 63.6 Å². The second kappa shape index (κ2) is 7.71. The molecule has 0 aliphatic rings. The van der Waals surface area contributed by atoms with Crippen molar-refractivity contribution in [2.75, 3.05) is 18.5 Å². The van der Waals surface area contributed by atoms with Gasteiger partial charge in [0.15, 0.2) is 5.65 Å². The van der Waals surface area contributed by atoms with E-state index in [1.54, 1.807) is 6.20 Å². The lowest BCUT2D eigenvalue weighted by molar-refractivity contribution is 0.790. The maximum atomic E-state index is 4.36. The highest BCUT2D eigenvalue weighted by molar-refractivity contribution is 9.10. The van der Waals surface area contributed by atoms with Crippen molar-refractivity contribution < 1.29 is 0 Å². The Labute approximate surface area is 180 Å². The summed E-state index contributed by atoms with van der Waals surface area (Å²) in [7, 11) is 2.09. The fourth-order valence-electron chi connectivity index (χ4n) is 3.46. The molecule has 9 nitrogen and oxygen atoms in total. The molecule has 0 saturated heterocycles. The van der Waals surface area contributed by atoms with Gasteiger partial charge in [0.1, 0.15) is 0 Å². The van der Waals surface area contributed by atoms with Crippen molar-refractivity contribution in [3.05, 3.63) is 71.2 Å². The first-order valence-corrected chi connectivity index (χ1v) is 10.2. The number of likely N-dealkylation sites (N-methyl/N-ethyl adjacent to an activating group) is 1. The molecule has 0 bridgehead atoms. The molecule has 1 N–H and O–H groups in total. The first kappa shape index (κ1) is 18.5. The minimum atomic E-state index is 0.546. The number of benzene rings is 1. The van der Waals surface area contributed by atoms with Crippen molar-refractivity contribution in [1.82, 2.24) is 39.8 Å². The van der Waals surface area contributed by atoms with E-state index in [1.807, 2.05) is 39.5 Å². The largest absolute Gasteiger partial charge is 0.374 e. The van der Waals surface area contributed by atoms with E-state index in [1.165, 1.54) is 0 Å². The van der Waals surface area contributed by atoms with E-state index in [2.05, 4.69) is 82.8 Å². The number of tetrazole rings is 1. The van der Waals surface area contributed by atoms with E-state index in [4.69, 9.17) is 0 Å². The number of hydrogen-bond acceptors (Lipinski definition) is 6. The smallest absolute Gasteiger partial charge is 0.221 e. The van der Waals surface area contributed by atoms with Crippen LogP contribution in [0.1, 0.15) is 5.69 Å². The lowest BCUT2D eigenvalue weighted by Crippen LogP contribution is -2.21. The minimum absolute atomic E-state index is 0.546. The number of anilines is 1. The number of aromatic amines is 1. The number of halogens is 1. The third-order valence-corrected chi connectivity index (χ3v) is 5.65. The van der Waals surface area contributed by atoms with Crippen LogP contribution in [0.25, 0.3) is 22.9 Å². The number of aromatic nitrogens is 8. The monoisotopic (exact) mass is 463 g/mol. The molecule has 0 atom stereocenters. The first-order chi connectivity index (χ1) is 14.7. The van der Waals surface area contributed by atoms with Crippen LogP contribution in [0.15, 0.2) is 65.5 Å². The maximum Gasteiger partial charge on any atom is 0.221 e. The Morgan fingerprint density at radius 1 is 1.03 bits per heavy atom. The number of H-pyrrole nitrogens is 1. The molecule has 1 aromatic carbocycles. The Morgan fingerprint density at radius 3 is 2.70 bits per heavy atom. The summed E-state index contributed by atoms with van der Waals surface area (Å²) in [5.74, 6) is 0.546. The molecular weight excluding hydrogens is 446 g/mol. The van der Waals surface area contributed by atoms with Gasteiger partial charge in [0.05, 0.1) is 16.5 Å². The molecule has 4 aromatic heterocycles. The highest BCUT2D eigenvalue weighted by Gasteiger charge is 2.14. The Morgan fingerprint density at radius 2 is 1.90 bits per heavy atom. The second-order valence-electron chi connectivity index (χ2n) is 6.84. The molecule has 5 rings (SSSR count). The summed E-state index contributed by atoms with van der Waals surface area (Å²) in [5, 5.41) is 18.7. The van der Waals surface area contributed by atoms with Crippen LogP contribution in [0.2, 0.25) is 0 Å². The molecule has 5 aromatic rings. The van der Waals surface area contributed by atoms with Crippen LogP contribution in [0.5, 0.6) is 0 Å². The quantitative estimate of drug-likeness (QED) is 0.415. The van der Waals surface area contributed by atoms with Crippen LogP contribution in [0.3, 0.4) is 0 Å². The predicted octanol–water partition coefficient (Wildman–Crippen LogP) is 3.14. The van der Waals surface area contributed by atoms with Crippen molar-refractivity contribution in [2.24, 2.45) is 0 Å². The van der Waals surface area contributed by atoms with Gasteiger partial charge in [0.25, 0.3) is 0 Å². The molecule has 0 aliphatic carbocycles. The Kier molecular flexibility index (Phi) is 4.75. The predicted molar refractivity (Wildman–Crippen MR) is 117 cm³/mol. The van der Waals surface area contributed by atoms with E-state index < -0.39 is 0 Å². The van der Waals surface area contributed by atoms with Crippen molar-refractivity contribution in [3.63, 3.8) is 0 Å². The highest BCUT2D eigenvalue weighted by atomic mass is 79.9. The zero-order valence-electron chi connectivity index (χ0n) is 16.1. The van der Waals surface area contributed by atoms with E-state index >= 15 is 0 Å². The van der Waals surface area contributed by atoms with E-state index in [0.717, 1.165) is 46.0 Å². The van der Waals surface area contributed by atoms with Gasteiger partial charge in [-0.15, -0.1) is 10.2 Å². The van der Waals surface area contributed by atoms with Crippen molar-refractivity contribution in [1.29, 1.82) is 0 Å². The van der Waals surface area contributed by atoms with Gasteiger partial charge in [0.2, 0.25) is 5.82 Å².